The highest BCUT2D eigenvalue weighted by Crippen LogP contribution is 2.58. The lowest BCUT2D eigenvalue weighted by molar-refractivity contribution is -0.115. The highest BCUT2D eigenvalue weighted by molar-refractivity contribution is 8.22. The van der Waals surface area contributed by atoms with Crippen LogP contribution in [0.5, 0.6) is 5.75 Å². The highest BCUT2D eigenvalue weighted by atomic mass is 35.5. The number of thioether (sulfide) groups is 2. The summed E-state index contributed by atoms with van der Waals surface area (Å²) < 4.78 is 6.72. The van der Waals surface area contributed by atoms with Crippen molar-refractivity contribution in [2.75, 3.05) is 23.5 Å². The molecule has 0 aliphatic carbocycles. The predicted molar refractivity (Wildman–Crippen MR) is 134 cm³/mol. The summed E-state index contributed by atoms with van der Waals surface area (Å²) in [7, 11) is 1.64. The topological polar surface area (TPSA) is 41.9 Å². The number of hydrogen-bond acceptors (Lipinski definition) is 5. The minimum absolute atomic E-state index is 0.0580. The minimum atomic E-state index is -1.01. The number of alkyl halides is 1. The number of amidine groups is 1. The van der Waals surface area contributed by atoms with Gasteiger partial charge in [-0.2, -0.15) is 0 Å². The number of carbonyl (C=O) groups is 1. The number of rotatable bonds is 6. The third-order valence-electron chi connectivity index (χ3n) is 5.60. The quantitative estimate of drug-likeness (QED) is 0.352. The van der Waals surface area contributed by atoms with Gasteiger partial charge in [0.1, 0.15) is 16.5 Å². The molecular weight excluding hydrogens is 448 g/mol. The fraction of sp³-hybridized carbons (Fsp3) is 0.333. The van der Waals surface area contributed by atoms with E-state index in [4.69, 9.17) is 21.3 Å². The lowest BCUT2D eigenvalue weighted by Crippen LogP contribution is -2.55. The lowest BCUT2D eigenvalue weighted by atomic mass is 9.77. The number of ether oxygens (including phenoxy) is 1. The second-order valence-electron chi connectivity index (χ2n) is 7.27. The Bertz CT molecular complexity index is 1060. The molecule has 2 unspecified atom stereocenters. The van der Waals surface area contributed by atoms with E-state index in [1.165, 1.54) is 0 Å². The van der Waals surface area contributed by atoms with Crippen molar-refractivity contribution >= 4 is 58.2 Å². The molecule has 4 nitrogen and oxygen atoms in total. The molecule has 2 atom stereocenters. The maximum absolute atomic E-state index is 14.0. The SMILES string of the molecule is CCSC(SCC)=C1C(=O)N(c2ccccc2)C2=Nc3cccc(OC)c3C2(Cl)C1C. The second-order valence-corrected chi connectivity index (χ2v) is 10.7. The van der Waals surface area contributed by atoms with Crippen molar-refractivity contribution in [3.05, 3.63) is 63.9 Å². The summed E-state index contributed by atoms with van der Waals surface area (Å²) in [6.07, 6.45) is 0. The number of hydrogen-bond donors (Lipinski definition) is 0. The second kappa shape index (κ2) is 8.93. The molecule has 2 aromatic carbocycles. The molecule has 0 N–H and O–H groups in total. The zero-order chi connectivity index (χ0) is 22.2. The fourth-order valence-corrected chi connectivity index (χ4v) is 7.05. The smallest absolute Gasteiger partial charge is 0.261 e. The van der Waals surface area contributed by atoms with Gasteiger partial charge in [-0.25, -0.2) is 4.99 Å². The molecule has 162 valence electrons. The van der Waals surface area contributed by atoms with Crippen molar-refractivity contribution in [3.8, 4) is 5.75 Å². The number of halogens is 1. The van der Waals surface area contributed by atoms with Crippen molar-refractivity contribution in [3.63, 3.8) is 0 Å². The van der Waals surface area contributed by atoms with Crippen molar-refractivity contribution in [2.45, 2.75) is 25.6 Å². The van der Waals surface area contributed by atoms with Gasteiger partial charge in [-0.05, 0) is 35.8 Å². The maximum atomic E-state index is 14.0. The molecule has 0 saturated carbocycles. The van der Waals surface area contributed by atoms with Gasteiger partial charge < -0.3 is 4.74 Å². The number of aliphatic imine (C=N–C) groups is 1. The van der Waals surface area contributed by atoms with Gasteiger partial charge in [-0.15, -0.1) is 35.1 Å². The Balaban J connectivity index is 2.02. The Morgan fingerprint density at radius 3 is 2.42 bits per heavy atom. The molecule has 1 amide bonds. The van der Waals surface area contributed by atoms with Crippen LogP contribution in [-0.2, 0) is 9.67 Å². The van der Waals surface area contributed by atoms with Crippen molar-refractivity contribution in [2.24, 2.45) is 10.9 Å². The summed E-state index contributed by atoms with van der Waals surface area (Å²) in [5.41, 5.74) is 3.08. The molecule has 0 aromatic heterocycles. The monoisotopic (exact) mass is 472 g/mol. The van der Waals surface area contributed by atoms with Crippen LogP contribution in [0.1, 0.15) is 26.3 Å². The van der Waals surface area contributed by atoms with Gasteiger partial charge >= 0.3 is 0 Å². The normalized spacial score (nSPS) is 22.2. The average molecular weight is 473 g/mol. The van der Waals surface area contributed by atoms with Crippen molar-refractivity contribution in [1.82, 2.24) is 0 Å². The van der Waals surface area contributed by atoms with Crippen LogP contribution in [0, 0.1) is 5.92 Å². The number of carbonyl (C=O) groups excluding carboxylic acids is 1. The third kappa shape index (κ3) is 3.49. The molecule has 1 saturated heterocycles. The van der Waals surface area contributed by atoms with E-state index in [2.05, 4.69) is 13.8 Å². The first kappa shape index (κ1) is 22.3. The van der Waals surface area contributed by atoms with Crippen LogP contribution in [0.2, 0.25) is 0 Å². The summed E-state index contributed by atoms with van der Waals surface area (Å²) in [6.45, 7) is 6.24. The van der Waals surface area contributed by atoms with Gasteiger partial charge in [-0.3, -0.25) is 9.69 Å². The fourth-order valence-electron chi connectivity index (χ4n) is 4.22. The van der Waals surface area contributed by atoms with Crippen LogP contribution in [0.25, 0.3) is 0 Å². The van der Waals surface area contributed by atoms with E-state index in [1.54, 1.807) is 35.5 Å². The zero-order valence-electron chi connectivity index (χ0n) is 18.0. The third-order valence-corrected chi connectivity index (χ3v) is 8.53. The van der Waals surface area contributed by atoms with E-state index in [9.17, 15) is 4.79 Å². The predicted octanol–water partition coefficient (Wildman–Crippen LogP) is 6.57. The number of amides is 1. The van der Waals surface area contributed by atoms with E-state index in [0.29, 0.717) is 11.6 Å². The van der Waals surface area contributed by atoms with E-state index < -0.39 is 4.87 Å². The summed E-state index contributed by atoms with van der Waals surface area (Å²) in [6, 6.07) is 15.4. The van der Waals surface area contributed by atoms with Crippen molar-refractivity contribution in [1.29, 1.82) is 0 Å². The van der Waals surface area contributed by atoms with Crippen LogP contribution < -0.4 is 9.64 Å². The van der Waals surface area contributed by atoms with Gasteiger partial charge in [0.25, 0.3) is 5.91 Å². The minimum Gasteiger partial charge on any atom is -0.496 e. The molecule has 0 radical (unpaired) electrons. The number of nitrogens with zero attached hydrogens (tertiary/aromatic N) is 2. The van der Waals surface area contributed by atoms with Crippen LogP contribution in [0.3, 0.4) is 0 Å². The number of methoxy groups -OCH3 is 1. The van der Waals surface area contributed by atoms with E-state index in [-0.39, 0.29) is 11.8 Å². The Morgan fingerprint density at radius 1 is 1.13 bits per heavy atom. The molecule has 2 aliphatic heterocycles. The molecule has 2 heterocycles. The van der Waals surface area contributed by atoms with Gasteiger partial charge in [0.15, 0.2) is 0 Å². The number of benzene rings is 2. The van der Waals surface area contributed by atoms with Gasteiger partial charge in [0.05, 0.1) is 18.5 Å². The molecule has 31 heavy (non-hydrogen) atoms. The zero-order valence-corrected chi connectivity index (χ0v) is 20.4. The summed E-state index contributed by atoms with van der Waals surface area (Å²) in [5, 5.41) is 0. The largest absolute Gasteiger partial charge is 0.496 e. The molecule has 4 rings (SSSR count). The Kier molecular flexibility index (Phi) is 6.42. The van der Waals surface area contributed by atoms with E-state index in [1.807, 2.05) is 55.5 Å². The highest BCUT2D eigenvalue weighted by Gasteiger charge is 2.58. The molecule has 2 aromatic rings. The number of piperidine rings is 1. The Morgan fingerprint density at radius 2 is 1.81 bits per heavy atom. The van der Waals surface area contributed by atoms with Gasteiger partial charge in [-0.1, -0.05) is 45.0 Å². The lowest BCUT2D eigenvalue weighted by Gasteiger charge is -2.43. The number of anilines is 1. The first-order chi connectivity index (χ1) is 15.0. The average Bonchev–Trinajstić information content (AvgIpc) is 3.09. The summed E-state index contributed by atoms with van der Waals surface area (Å²) >= 11 is 10.9. The Labute approximate surface area is 197 Å². The number of fused-ring (bicyclic) bond motifs is 3. The van der Waals surface area contributed by atoms with Crippen LogP contribution in [0.15, 0.2) is 63.3 Å². The van der Waals surface area contributed by atoms with Crippen LogP contribution in [-0.4, -0.2) is 30.4 Å². The summed E-state index contributed by atoms with van der Waals surface area (Å²) in [5.74, 6) is 2.67. The standard InChI is InChI=1S/C24H25ClN2O2S2/c1-5-30-22(31-6-2)19-15(3)24(25)20-17(13-10-14-18(20)29-4)26-23(24)27(21(19)28)16-11-8-7-9-12-16/h7-15H,5-6H2,1-4H3. The van der Waals surface area contributed by atoms with Crippen LogP contribution >= 0.6 is 35.1 Å². The van der Waals surface area contributed by atoms with Gasteiger partial charge in [0, 0.05) is 21.3 Å². The van der Waals surface area contributed by atoms with E-state index in [0.717, 1.165) is 38.3 Å². The molecular formula is C24H25ClN2O2S2. The maximum Gasteiger partial charge on any atom is 0.261 e. The van der Waals surface area contributed by atoms with Gasteiger partial charge in [0.2, 0.25) is 0 Å². The van der Waals surface area contributed by atoms with E-state index >= 15 is 0 Å². The summed E-state index contributed by atoms with van der Waals surface area (Å²) in [4.78, 5) is 19.5. The molecule has 0 bridgehead atoms. The first-order valence-corrected chi connectivity index (χ1v) is 12.7. The van der Waals surface area contributed by atoms with Crippen molar-refractivity contribution < 1.29 is 9.53 Å². The molecule has 7 heteroatoms. The Hall–Kier alpha value is -1.89. The number of para-hydroxylation sites is 1. The molecule has 1 fully saturated rings. The molecule has 2 aliphatic rings. The molecule has 0 spiro atoms. The van der Waals surface area contributed by atoms with Crippen LogP contribution in [0.4, 0.5) is 11.4 Å². The first-order valence-electron chi connectivity index (χ1n) is 10.3.